The molecule has 1 aliphatic heterocycles. The van der Waals surface area contributed by atoms with Gasteiger partial charge in [-0.2, -0.15) is 0 Å². The van der Waals surface area contributed by atoms with Crippen LogP contribution in [-0.4, -0.2) is 50.9 Å². The Morgan fingerprint density at radius 2 is 1.89 bits per heavy atom. The summed E-state index contributed by atoms with van der Waals surface area (Å²) in [5, 5.41) is 0.352. The molecule has 8 nitrogen and oxygen atoms in total. The van der Waals surface area contributed by atoms with E-state index >= 15 is 0 Å². The van der Waals surface area contributed by atoms with E-state index in [0.29, 0.717) is 15.9 Å². The lowest BCUT2D eigenvalue weighted by atomic mass is 10.1. The zero-order chi connectivity index (χ0) is 19.6. The molecule has 2 aromatic rings. The van der Waals surface area contributed by atoms with Crippen molar-refractivity contribution in [1.29, 1.82) is 0 Å². The Bertz CT molecular complexity index is 976. The standard InChI is InChI=1S/C18H24N4O4S/c1-20-16-14(17(24)21(2)18(20)25)15(12(9-19-16)10-26-3)27-11-13(23)22-7-5-4-6-8-22/h9H,4-8,10-11H2,1-3H3. The van der Waals surface area contributed by atoms with Crippen LogP contribution in [-0.2, 0) is 30.2 Å². The highest BCUT2D eigenvalue weighted by Gasteiger charge is 2.21. The minimum absolute atomic E-state index is 0.0645. The number of hydrogen-bond acceptors (Lipinski definition) is 6. The molecule has 9 heteroatoms. The molecule has 2 aromatic heterocycles. The highest BCUT2D eigenvalue weighted by atomic mass is 32.2. The maximum Gasteiger partial charge on any atom is 0.332 e. The SMILES string of the molecule is COCc1cnc2c(c1SCC(=O)N1CCCCC1)c(=O)n(C)c(=O)n2C. The quantitative estimate of drug-likeness (QED) is 0.702. The first-order valence-electron chi connectivity index (χ1n) is 8.92. The van der Waals surface area contributed by atoms with Crippen molar-refractivity contribution in [1.82, 2.24) is 19.0 Å². The molecule has 0 aliphatic carbocycles. The molecule has 1 amide bonds. The Morgan fingerprint density at radius 3 is 2.56 bits per heavy atom. The minimum atomic E-state index is -0.431. The molecule has 1 aliphatic rings. The molecule has 0 bridgehead atoms. The zero-order valence-corrected chi connectivity index (χ0v) is 16.7. The van der Waals surface area contributed by atoms with Crippen molar-refractivity contribution in [2.45, 2.75) is 30.8 Å². The van der Waals surface area contributed by atoms with Crippen molar-refractivity contribution < 1.29 is 9.53 Å². The molecule has 0 radical (unpaired) electrons. The number of hydrogen-bond donors (Lipinski definition) is 0. The predicted molar refractivity (Wildman–Crippen MR) is 104 cm³/mol. The van der Waals surface area contributed by atoms with Crippen LogP contribution in [0, 0.1) is 0 Å². The van der Waals surface area contributed by atoms with E-state index in [-0.39, 0.29) is 18.3 Å². The van der Waals surface area contributed by atoms with Gasteiger partial charge in [-0.25, -0.2) is 9.78 Å². The van der Waals surface area contributed by atoms with Gasteiger partial charge in [-0.3, -0.25) is 18.7 Å². The summed E-state index contributed by atoms with van der Waals surface area (Å²) in [5.41, 5.74) is 0.208. The average Bonchev–Trinajstić information content (AvgIpc) is 2.69. The second-order valence-corrected chi connectivity index (χ2v) is 7.67. The van der Waals surface area contributed by atoms with Crippen molar-refractivity contribution >= 4 is 28.7 Å². The first-order valence-corrected chi connectivity index (χ1v) is 9.91. The van der Waals surface area contributed by atoms with Crippen LogP contribution < -0.4 is 11.2 Å². The largest absolute Gasteiger partial charge is 0.380 e. The normalized spacial score (nSPS) is 14.7. The predicted octanol–water partition coefficient (Wildman–Crippen LogP) is 0.883. The van der Waals surface area contributed by atoms with Crippen molar-refractivity contribution in [3.63, 3.8) is 0 Å². The fourth-order valence-corrected chi connectivity index (χ4v) is 4.40. The number of carbonyl (C=O) groups is 1. The molecule has 0 spiro atoms. The van der Waals surface area contributed by atoms with Crippen LogP contribution >= 0.6 is 11.8 Å². The van der Waals surface area contributed by atoms with Crippen LogP contribution in [0.15, 0.2) is 20.7 Å². The van der Waals surface area contributed by atoms with Gasteiger partial charge >= 0.3 is 5.69 Å². The second kappa shape index (κ2) is 8.26. The van der Waals surface area contributed by atoms with Gasteiger partial charge in [-0.15, -0.1) is 11.8 Å². The Morgan fingerprint density at radius 1 is 1.19 bits per heavy atom. The summed E-state index contributed by atoms with van der Waals surface area (Å²) in [4.78, 5) is 44.4. The van der Waals surface area contributed by atoms with Crippen molar-refractivity contribution in [3.05, 3.63) is 32.6 Å². The fourth-order valence-electron chi connectivity index (χ4n) is 3.33. The summed E-state index contributed by atoms with van der Waals surface area (Å²) in [6.45, 7) is 1.85. The lowest BCUT2D eigenvalue weighted by Crippen LogP contribution is -2.38. The van der Waals surface area contributed by atoms with E-state index < -0.39 is 11.2 Å². The first-order chi connectivity index (χ1) is 13.0. The van der Waals surface area contributed by atoms with Gasteiger partial charge in [0.2, 0.25) is 5.91 Å². The fraction of sp³-hybridized carbons (Fsp3) is 0.556. The molecular weight excluding hydrogens is 368 g/mol. The number of nitrogens with zero attached hydrogens (tertiary/aromatic N) is 4. The number of thioether (sulfide) groups is 1. The number of carbonyl (C=O) groups excluding carboxylic acids is 1. The molecule has 146 valence electrons. The molecule has 0 N–H and O–H groups in total. The number of amides is 1. The van der Waals surface area contributed by atoms with E-state index in [1.165, 1.54) is 23.4 Å². The topological polar surface area (TPSA) is 86.4 Å². The summed E-state index contributed by atoms with van der Waals surface area (Å²) >= 11 is 1.32. The third-order valence-electron chi connectivity index (χ3n) is 4.84. The number of ether oxygens (including phenoxy) is 1. The number of aryl methyl sites for hydroxylation is 1. The van der Waals surface area contributed by atoms with E-state index in [4.69, 9.17) is 4.74 Å². The molecule has 3 rings (SSSR count). The zero-order valence-electron chi connectivity index (χ0n) is 15.9. The summed E-state index contributed by atoms with van der Waals surface area (Å²) < 4.78 is 7.66. The molecule has 0 aromatic carbocycles. The third kappa shape index (κ3) is 3.79. The van der Waals surface area contributed by atoms with Gasteiger partial charge in [0.1, 0.15) is 5.65 Å². The molecule has 0 unspecified atom stereocenters. The van der Waals surface area contributed by atoms with Crippen LogP contribution in [0.25, 0.3) is 11.0 Å². The number of pyridine rings is 1. The number of piperidine rings is 1. The van der Waals surface area contributed by atoms with Crippen LogP contribution in [0.1, 0.15) is 24.8 Å². The summed E-state index contributed by atoms with van der Waals surface area (Å²) in [5.74, 6) is 0.302. The van der Waals surface area contributed by atoms with Gasteiger partial charge in [0, 0.05) is 51.0 Å². The van der Waals surface area contributed by atoms with Crippen molar-refractivity contribution in [2.24, 2.45) is 14.1 Å². The van der Waals surface area contributed by atoms with Crippen LogP contribution in [0.2, 0.25) is 0 Å². The lowest BCUT2D eigenvalue weighted by molar-refractivity contribution is -0.129. The van der Waals surface area contributed by atoms with Gasteiger partial charge in [-0.05, 0) is 19.3 Å². The maximum atomic E-state index is 12.8. The Balaban J connectivity index is 2.03. The molecule has 27 heavy (non-hydrogen) atoms. The van der Waals surface area contributed by atoms with E-state index in [0.717, 1.165) is 42.5 Å². The van der Waals surface area contributed by atoms with E-state index in [1.807, 2.05) is 4.90 Å². The monoisotopic (exact) mass is 392 g/mol. The summed E-state index contributed by atoms with van der Waals surface area (Å²) in [6, 6.07) is 0. The third-order valence-corrected chi connectivity index (χ3v) is 5.99. The Kier molecular flexibility index (Phi) is 6.01. The molecule has 1 saturated heterocycles. The number of rotatable bonds is 5. The molecular formula is C18H24N4O4S. The van der Waals surface area contributed by atoms with Crippen LogP contribution in [0.5, 0.6) is 0 Å². The summed E-state index contributed by atoms with van der Waals surface area (Å²) in [6.07, 6.45) is 4.84. The average molecular weight is 392 g/mol. The summed E-state index contributed by atoms with van der Waals surface area (Å²) in [7, 11) is 4.59. The van der Waals surface area contributed by atoms with Gasteiger partial charge < -0.3 is 9.64 Å². The minimum Gasteiger partial charge on any atom is -0.380 e. The van der Waals surface area contributed by atoms with Crippen molar-refractivity contribution in [2.75, 3.05) is 26.0 Å². The second-order valence-electron chi connectivity index (χ2n) is 6.68. The lowest BCUT2D eigenvalue weighted by Gasteiger charge is -2.26. The van der Waals surface area contributed by atoms with E-state index in [2.05, 4.69) is 4.98 Å². The van der Waals surface area contributed by atoms with E-state index in [9.17, 15) is 14.4 Å². The van der Waals surface area contributed by atoms with Crippen LogP contribution in [0.3, 0.4) is 0 Å². The van der Waals surface area contributed by atoms with Gasteiger partial charge in [0.25, 0.3) is 5.56 Å². The van der Waals surface area contributed by atoms with Gasteiger partial charge in [-0.1, -0.05) is 0 Å². The van der Waals surface area contributed by atoms with Gasteiger partial charge in [0.15, 0.2) is 0 Å². The molecule has 0 atom stereocenters. The molecule has 3 heterocycles. The molecule has 0 saturated carbocycles. The smallest absolute Gasteiger partial charge is 0.332 e. The number of fused-ring (bicyclic) bond motifs is 1. The maximum absolute atomic E-state index is 12.8. The van der Waals surface area contributed by atoms with E-state index in [1.54, 1.807) is 20.4 Å². The Labute approximate surface area is 161 Å². The first kappa shape index (κ1) is 19.6. The number of likely N-dealkylation sites (tertiary alicyclic amines) is 1. The van der Waals surface area contributed by atoms with Gasteiger partial charge in [0.05, 0.1) is 17.7 Å². The highest BCUT2D eigenvalue weighted by molar-refractivity contribution is 8.00. The molecule has 1 fully saturated rings. The van der Waals surface area contributed by atoms with Crippen LogP contribution in [0.4, 0.5) is 0 Å². The highest BCUT2D eigenvalue weighted by Crippen LogP contribution is 2.29. The number of methoxy groups -OCH3 is 1. The Hall–Kier alpha value is -2.13. The van der Waals surface area contributed by atoms with Crippen molar-refractivity contribution in [3.8, 4) is 0 Å². The number of aromatic nitrogens is 3.